The minimum Gasteiger partial charge on any atom is -0.348 e. The maximum atomic E-state index is 13.3. The average molecular weight is 283 g/mol. The lowest BCUT2D eigenvalue weighted by Gasteiger charge is -2.21. The van der Waals surface area contributed by atoms with Crippen molar-refractivity contribution in [3.8, 4) is 5.69 Å². The lowest BCUT2D eigenvalue weighted by atomic mass is 10.0. The number of H-pyrrole nitrogens is 1. The van der Waals surface area contributed by atoms with Gasteiger partial charge in [-0.15, -0.1) is 0 Å². The molecular formula is C15H14FN5. The number of benzene rings is 1. The summed E-state index contributed by atoms with van der Waals surface area (Å²) >= 11 is 0. The fourth-order valence-electron chi connectivity index (χ4n) is 2.74. The van der Waals surface area contributed by atoms with Gasteiger partial charge in [0, 0.05) is 30.4 Å². The molecule has 0 radical (unpaired) electrons. The van der Waals surface area contributed by atoms with Gasteiger partial charge < -0.3 is 10.3 Å². The maximum absolute atomic E-state index is 13.3. The molecule has 5 nitrogen and oxygen atoms in total. The van der Waals surface area contributed by atoms with Gasteiger partial charge in [0.05, 0.1) is 29.9 Å². The Morgan fingerprint density at radius 1 is 1.33 bits per heavy atom. The SMILES string of the molecule is Fc1cccc(-n2cc([C@@H]3NCCc4[nH]cnc43)cn2)c1. The maximum Gasteiger partial charge on any atom is 0.125 e. The molecule has 3 aromatic rings. The van der Waals surface area contributed by atoms with Crippen LogP contribution in [0.15, 0.2) is 43.0 Å². The molecule has 6 heteroatoms. The van der Waals surface area contributed by atoms with Crippen molar-refractivity contribution in [3.05, 3.63) is 65.8 Å². The quantitative estimate of drug-likeness (QED) is 0.756. The van der Waals surface area contributed by atoms with E-state index < -0.39 is 0 Å². The van der Waals surface area contributed by atoms with Gasteiger partial charge in [0.25, 0.3) is 0 Å². The predicted molar refractivity (Wildman–Crippen MR) is 75.7 cm³/mol. The number of aromatic amines is 1. The topological polar surface area (TPSA) is 58.5 Å². The monoisotopic (exact) mass is 283 g/mol. The molecule has 2 N–H and O–H groups in total. The van der Waals surface area contributed by atoms with E-state index in [4.69, 9.17) is 0 Å². The van der Waals surface area contributed by atoms with E-state index in [0.29, 0.717) is 5.69 Å². The standard InChI is InChI=1S/C15H14FN5/c16-11-2-1-3-12(6-11)21-8-10(7-20-21)14-15-13(4-5-17-14)18-9-19-15/h1-3,6-9,14,17H,4-5H2,(H,18,19)/t14-/m0/s1. The summed E-state index contributed by atoms with van der Waals surface area (Å²) in [5.41, 5.74) is 3.91. The van der Waals surface area contributed by atoms with Crippen LogP contribution in [0.1, 0.15) is 23.0 Å². The number of nitrogens with zero attached hydrogens (tertiary/aromatic N) is 3. The highest BCUT2D eigenvalue weighted by Crippen LogP contribution is 2.26. The Labute approximate surface area is 120 Å². The number of halogens is 1. The number of rotatable bonds is 2. The molecule has 1 aromatic carbocycles. The third kappa shape index (κ3) is 2.13. The Hall–Kier alpha value is -2.47. The Bertz CT molecular complexity index is 776. The second-order valence-electron chi connectivity index (χ2n) is 5.10. The molecule has 21 heavy (non-hydrogen) atoms. The third-order valence-corrected chi connectivity index (χ3v) is 3.76. The highest BCUT2D eigenvalue weighted by molar-refractivity contribution is 5.35. The summed E-state index contributed by atoms with van der Waals surface area (Å²) in [5.74, 6) is -0.269. The van der Waals surface area contributed by atoms with Crippen molar-refractivity contribution in [2.75, 3.05) is 6.54 Å². The fraction of sp³-hybridized carbons (Fsp3) is 0.200. The molecule has 0 unspecified atom stereocenters. The van der Waals surface area contributed by atoms with E-state index in [0.717, 1.165) is 29.9 Å². The summed E-state index contributed by atoms with van der Waals surface area (Å²) in [6.45, 7) is 0.894. The number of fused-ring (bicyclic) bond motifs is 1. The van der Waals surface area contributed by atoms with E-state index in [9.17, 15) is 4.39 Å². The Morgan fingerprint density at radius 2 is 2.29 bits per heavy atom. The number of nitrogens with one attached hydrogen (secondary N) is 2. The molecule has 1 aliphatic heterocycles. The molecule has 0 spiro atoms. The van der Waals surface area contributed by atoms with Crippen LogP contribution in [0.2, 0.25) is 0 Å². The van der Waals surface area contributed by atoms with Crippen LogP contribution < -0.4 is 5.32 Å². The van der Waals surface area contributed by atoms with Crippen molar-refractivity contribution >= 4 is 0 Å². The molecule has 0 aliphatic carbocycles. The molecule has 0 saturated heterocycles. The molecule has 0 fully saturated rings. The van der Waals surface area contributed by atoms with Crippen molar-refractivity contribution in [1.29, 1.82) is 0 Å². The van der Waals surface area contributed by atoms with Crippen LogP contribution in [0.3, 0.4) is 0 Å². The van der Waals surface area contributed by atoms with Crippen LogP contribution in [0.25, 0.3) is 5.69 Å². The molecule has 1 aliphatic rings. The molecule has 2 aromatic heterocycles. The van der Waals surface area contributed by atoms with Crippen LogP contribution in [-0.4, -0.2) is 26.3 Å². The van der Waals surface area contributed by atoms with E-state index in [-0.39, 0.29) is 11.9 Å². The van der Waals surface area contributed by atoms with Gasteiger partial charge in [-0.2, -0.15) is 5.10 Å². The number of hydrogen-bond acceptors (Lipinski definition) is 3. The van der Waals surface area contributed by atoms with Gasteiger partial charge >= 0.3 is 0 Å². The molecular weight excluding hydrogens is 269 g/mol. The summed E-state index contributed by atoms with van der Waals surface area (Å²) in [6.07, 6.45) is 6.38. The Balaban J connectivity index is 1.70. The molecule has 0 saturated carbocycles. The number of aromatic nitrogens is 4. The zero-order valence-corrected chi connectivity index (χ0v) is 11.3. The predicted octanol–water partition coefficient (Wildman–Crippen LogP) is 1.97. The van der Waals surface area contributed by atoms with Crippen LogP contribution >= 0.6 is 0 Å². The first-order valence-electron chi connectivity index (χ1n) is 6.87. The lowest BCUT2D eigenvalue weighted by Crippen LogP contribution is -2.30. The van der Waals surface area contributed by atoms with Crippen LogP contribution in [-0.2, 0) is 6.42 Å². The summed E-state index contributed by atoms with van der Waals surface area (Å²) < 4.78 is 15.0. The van der Waals surface area contributed by atoms with E-state index in [1.54, 1.807) is 23.3 Å². The second-order valence-corrected chi connectivity index (χ2v) is 5.10. The van der Waals surface area contributed by atoms with Crippen molar-refractivity contribution in [2.24, 2.45) is 0 Å². The summed E-state index contributed by atoms with van der Waals surface area (Å²) in [4.78, 5) is 7.57. The van der Waals surface area contributed by atoms with Gasteiger partial charge in [0.1, 0.15) is 5.82 Å². The zero-order chi connectivity index (χ0) is 14.2. The van der Waals surface area contributed by atoms with Crippen molar-refractivity contribution in [1.82, 2.24) is 25.1 Å². The van der Waals surface area contributed by atoms with Crippen molar-refractivity contribution in [3.63, 3.8) is 0 Å². The number of hydrogen-bond donors (Lipinski definition) is 2. The third-order valence-electron chi connectivity index (χ3n) is 3.76. The van der Waals surface area contributed by atoms with Gasteiger partial charge in [0.15, 0.2) is 0 Å². The molecule has 1 atom stereocenters. The molecule has 3 heterocycles. The summed E-state index contributed by atoms with van der Waals surface area (Å²) in [5, 5.41) is 7.78. The van der Waals surface area contributed by atoms with Crippen molar-refractivity contribution < 1.29 is 4.39 Å². The van der Waals surface area contributed by atoms with Gasteiger partial charge in [-0.3, -0.25) is 0 Å². The molecule has 4 rings (SSSR count). The van der Waals surface area contributed by atoms with Gasteiger partial charge in [0.2, 0.25) is 0 Å². The zero-order valence-electron chi connectivity index (χ0n) is 11.3. The van der Waals surface area contributed by atoms with Crippen molar-refractivity contribution in [2.45, 2.75) is 12.5 Å². The van der Waals surface area contributed by atoms with E-state index in [2.05, 4.69) is 20.4 Å². The highest BCUT2D eigenvalue weighted by Gasteiger charge is 2.24. The fourth-order valence-corrected chi connectivity index (χ4v) is 2.74. The van der Waals surface area contributed by atoms with E-state index in [1.807, 2.05) is 12.3 Å². The Morgan fingerprint density at radius 3 is 3.19 bits per heavy atom. The summed E-state index contributed by atoms with van der Waals surface area (Å²) in [6, 6.07) is 6.42. The van der Waals surface area contributed by atoms with Gasteiger partial charge in [-0.1, -0.05) is 6.07 Å². The van der Waals surface area contributed by atoms with Crippen LogP contribution in [0, 0.1) is 5.82 Å². The molecule has 106 valence electrons. The molecule has 0 amide bonds. The van der Waals surface area contributed by atoms with Gasteiger partial charge in [-0.25, -0.2) is 14.1 Å². The first-order valence-corrected chi connectivity index (χ1v) is 6.87. The van der Waals surface area contributed by atoms with Crippen LogP contribution in [0.5, 0.6) is 0 Å². The van der Waals surface area contributed by atoms with Gasteiger partial charge in [-0.05, 0) is 18.2 Å². The van der Waals surface area contributed by atoms with E-state index >= 15 is 0 Å². The Kier molecular flexibility index (Phi) is 2.82. The normalized spacial score (nSPS) is 17.7. The second kappa shape index (κ2) is 4.82. The lowest BCUT2D eigenvalue weighted by molar-refractivity contribution is 0.553. The number of imidazole rings is 1. The smallest absolute Gasteiger partial charge is 0.125 e. The van der Waals surface area contributed by atoms with E-state index in [1.165, 1.54) is 12.1 Å². The highest BCUT2D eigenvalue weighted by atomic mass is 19.1. The average Bonchev–Trinajstić information content (AvgIpc) is 3.16. The minimum absolute atomic E-state index is 0.0299. The first-order chi connectivity index (χ1) is 10.3. The summed E-state index contributed by atoms with van der Waals surface area (Å²) in [7, 11) is 0. The molecule has 0 bridgehead atoms. The minimum atomic E-state index is -0.269. The first kappa shape index (κ1) is 12.3. The van der Waals surface area contributed by atoms with Crippen LogP contribution in [0.4, 0.5) is 4.39 Å². The largest absolute Gasteiger partial charge is 0.348 e.